The van der Waals surface area contributed by atoms with E-state index in [1.54, 1.807) is 24.7 Å². The van der Waals surface area contributed by atoms with E-state index in [2.05, 4.69) is 25.3 Å². The molecule has 0 amide bonds. The molecule has 31 heavy (non-hydrogen) atoms. The Morgan fingerprint density at radius 2 is 2.00 bits per heavy atom. The van der Waals surface area contributed by atoms with Crippen LogP contribution in [0.3, 0.4) is 0 Å². The number of aromatic nitrogens is 5. The predicted octanol–water partition coefficient (Wildman–Crippen LogP) is 1.99. The highest BCUT2D eigenvalue weighted by atomic mass is 35.5. The number of ether oxygens (including phenoxy) is 1. The smallest absolute Gasteiger partial charge is 0.295 e. The molecule has 1 fully saturated rings. The molecule has 3 heterocycles. The van der Waals surface area contributed by atoms with E-state index in [4.69, 9.17) is 16.3 Å². The Kier molecular flexibility index (Phi) is 5.91. The lowest BCUT2D eigenvalue weighted by molar-refractivity contribution is 0.00636. The average molecular weight is 465 g/mol. The monoisotopic (exact) mass is 464 g/mol. The number of nitrogens with one attached hydrogen (secondary N) is 1. The molecule has 0 spiro atoms. The van der Waals surface area contributed by atoms with Gasteiger partial charge in [-0.15, -0.1) is 0 Å². The minimum absolute atomic E-state index is 0.00398. The van der Waals surface area contributed by atoms with Crippen LogP contribution in [-0.4, -0.2) is 51.9 Å². The van der Waals surface area contributed by atoms with Gasteiger partial charge in [-0.2, -0.15) is 4.98 Å². The molecule has 1 aliphatic rings. The van der Waals surface area contributed by atoms with E-state index in [9.17, 15) is 13.2 Å². The van der Waals surface area contributed by atoms with E-state index in [1.807, 2.05) is 0 Å². The van der Waals surface area contributed by atoms with Crippen LogP contribution in [0.15, 0.2) is 34.2 Å². The zero-order valence-corrected chi connectivity index (χ0v) is 18.5. The maximum absolute atomic E-state index is 13.2. The zero-order chi connectivity index (χ0) is 22.2. The molecular formula is C19H21ClN6O4S. The second kappa shape index (κ2) is 8.48. The molecule has 3 aromatic rings. The number of rotatable bonds is 7. The van der Waals surface area contributed by atoms with Crippen molar-refractivity contribution in [3.63, 3.8) is 0 Å². The molecule has 0 aromatic carbocycles. The highest BCUT2D eigenvalue weighted by Gasteiger charge is 2.33. The van der Waals surface area contributed by atoms with Crippen molar-refractivity contribution in [1.82, 2.24) is 24.5 Å². The van der Waals surface area contributed by atoms with Gasteiger partial charge in [0.15, 0.2) is 21.3 Å². The molecule has 1 saturated carbocycles. The highest BCUT2D eigenvalue weighted by Crippen LogP contribution is 2.34. The first-order valence-electron chi connectivity index (χ1n) is 9.71. The van der Waals surface area contributed by atoms with E-state index in [1.165, 1.54) is 18.5 Å². The standard InChI is InChI=1S/C19H21ClN6O4S/c1-3-31(28,29)14-5-4-11(21-9-14)8-22-16-18(27)26(12-6-13(7-12)30-2)17-15(24-16)10-23-19(20)25-17/h4-5,9-10,12-13H,3,6-8H2,1-2H3,(H,22,24). The summed E-state index contributed by atoms with van der Waals surface area (Å²) >= 11 is 5.94. The Hall–Kier alpha value is -2.63. The van der Waals surface area contributed by atoms with Gasteiger partial charge in [-0.1, -0.05) is 6.92 Å². The van der Waals surface area contributed by atoms with Gasteiger partial charge >= 0.3 is 0 Å². The van der Waals surface area contributed by atoms with Gasteiger partial charge in [0, 0.05) is 19.3 Å². The van der Waals surface area contributed by atoms with Crippen molar-refractivity contribution >= 4 is 38.4 Å². The van der Waals surface area contributed by atoms with Crippen LogP contribution in [0.1, 0.15) is 31.5 Å². The van der Waals surface area contributed by atoms with Crippen LogP contribution in [0.25, 0.3) is 11.2 Å². The number of fused-ring (bicyclic) bond motifs is 1. The summed E-state index contributed by atoms with van der Waals surface area (Å²) < 4.78 is 30.8. The number of anilines is 1. The summed E-state index contributed by atoms with van der Waals surface area (Å²) in [5.41, 5.74) is 1.05. The zero-order valence-electron chi connectivity index (χ0n) is 16.9. The van der Waals surface area contributed by atoms with E-state index in [0.717, 1.165) is 0 Å². The molecule has 0 radical (unpaired) electrons. The lowest BCUT2D eigenvalue weighted by Crippen LogP contribution is -2.39. The van der Waals surface area contributed by atoms with Gasteiger partial charge < -0.3 is 10.1 Å². The van der Waals surface area contributed by atoms with E-state index >= 15 is 0 Å². The third-order valence-corrected chi connectivity index (χ3v) is 7.25. The number of nitrogens with zero attached hydrogens (tertiary/aromatic N) is 5. The molecule has 1 aliphatic carbocycles. The number of halogens is 1. The molecule has 0 unspecified atom stereocenters. The first kappa shape index (κ1) is 21.6. The minimum Gasteiger partial charge on any atom is -0.381 e. The number of hydrogen-bond donors (Lipinski definition) is 1. The fraction of sp³-hybridized carbons (Fsp3) is 0.421. The highest BCUT2D eigenvalue weighted by molar-refractivity contribution is 7.91. The summed E-state index contributed by atoms with van der Waals surface area (Å²) in [6, 6.07) is 3.03. The van der Waals surface area contributed by atoms with Crippen molar-refractivity contribution < 1.29 is 13.2 Å². The van der Waals surface area contributed by atoms with Crippen molar-refractivity contribution in [1.29, 1.82) is 0 Å². The minimum atomic E-state index is -3.32. The van der Waals surface area contributed by atoms with E-state index < -0.39 is 9.84 Å². The number of hydrogen-bond acceptors (Lipinski definition) is 9. The van der Waals surface area contributed by atoms with Crippen LogP contribution in [0, 0.1) is 0 Å². The van der Waals surface area contributed by atoms with Crippen molar-refractivity contribution in [3.05, 3.63) is 45.9 Å². The fourth-order valence-corrected chi connectivity index (χ4v) is 4.37. The lowest BCUT2D eigenvalue weighted by Gasteiger charge is -2.35. The molecule has 10 nitrogen and oxygen atoms in total. The molecule has 4 rings (SSSR count). The van der Waals surface area contributed by atoms with Gasteiger partial charge in [-0.05, 0) is 36.6 Å². The van der Waals surface area contributed by atoms with Gasteiger partial charge in [0.25, 0.3) is 5.56 Å². The summed E-state index contributed by atoms with van der Waals surface area (Å²) in [6.07, 6.45) is 4.26. The van der Waals surface area contributed by atoms with Crippen molar-refractivity contribution in [2.75, 3.05) is 18.2 Å². The van der Waals surface area contributed by atoms with Crippen LogP contribution in [0.2, 0.25) is 5.28 Å². The Morgan fingerprint density at radius 3 is 2.65 bits per heavy atom. The molecule has 0 aliphatic heterocycles. The Balaban J connectivity index is 1.63. The summed E-state index contributed by atoms with van der Waals surface area (Å²) in [6.45, 7) is 1.77. The van der Waals surface area contributed by atoms with Gasteiger partial charge in [0.2, 0.25) is 5.28 Å². The van der Waals surface area contributed by atoms with E-state index in [-0.39, 0.29) is 46.0 Å². The first-order valence-corrected chi connectivity index (χ1v) is 11.7. The number of pyridine rings is 1. The van der Waals surface area contributed by atoms with Gasteiger partial charge in [-0.25, -0.2) is 18.4 Å². The number of methoxy groups -OCH3 is 1. The SMILES string of the molecule is CCS(=O)(=O)c1ccc(CNc2nc3cnc(Cl)nc3n(C3CC(OC)C3)c2=O)nc1. The third-order valence-electron chi connectivity index (χ3n) is 5.34. The number of sulfone groups is 1. The van der Waals surface area contributed by atoms with Gasteiger partial charge in [-0.3, -0.25) is 14.3 Å². The molecule has 0 saturated heterocycles. The Morgan fingerprint density at radius 1 is 1.23 bits per heavy atom. The predicted molar refractivity (Wildman–Crippen MR) is 115 cm³/mol. The quantitative estimate of drug-likeness (QED) is 0.521. The third kappa shape index (κ3) is 4.25. The summed E-state index contributed by atoms with van der Waals surface area (Å²) in [7, 11) is -1.68. The first-order chi connectivity index (χ1) is 14.8. The molecule has 3 aromatic heterocycles. The van der Waals surface area contributed by atoms with Crippen LogP contribution >= 0.6 is 11.6 Å². The Labute approximate surface area is 183 Å². The molecule has 1 N–H and O–H groups in total. The van der Waals surface area contributed by atoms with Crippen LogP contribution in [0.4, 0.5) is 5.82 Å². The molecular weight excluding hydrogens is 444 g/mol. The largest absolute Gasteiger partial charge is 0.381 e. The van der Waals surface area contributed by atoms with Crippen molar-refractivity contribution in [2.24, 2.45) is 0 Å². The normalized spacial score (nSPS) is 18.7. The summed E-state index contributed by atoms with van der Waals surface area (Å²) in [4.78, 5) is 30.0. The maximum Gasteiger partial charge on any atom is 0.295 e. The van der Waals surface area contributed by atoms with Crippen LogP contribution in [0.5, 0.6) is 0 Å². The van der Waals surface area contributed by atoms with Crippen LogP contribution < -0.4 is 10.9 Å². The van der Waals surface area contributed by atoms with Crippen molar-refractivity contribution in [2.45, 2.75) is 43.4 Å². The van der Waals surface area contributed by atoms with Crippen LogP contribution in [-0.2, 0) is 21.1 Å². The molecule has 0 bridgehead atoms. The van der Waals surface area contributed by atoms with Crippen molar-refractivity contribution in [3.8, 4) is 0 Å². The fourth-order valence-electron chi connectivity index (χ4n) is 3.42. The summed E-state index contributed by atoms with van der Waals surface area (Å²) in [5.74, 6) is 0.135. The average Bonchev–Trinajstić information content (AvgIpc) is 2.73. The summed E-state index contributed by atoms with van der Waals surface area (Å²) in [5, 5.41) is 3.04. The van der Waals surface area contributed by atoms with E-state index in [0.29, 0.717) is 29.7 Å². The maximum atomic E-state index is 13.2. The molecule has 164 valence electrons. The topological polar surface area (TPSA) is 129 Å². The molecule has 0 atom stereocenters. The Bertz CT molecular complexity index is 1270. The second-order valence-corrected chi connectivity index (χ2v) is 9.82. The molecule has 12 heteroatoms. The van der Waals surface area contributed by atoms with Gasteiger partial charge in [0.1, 0.15) is 5.52 Å². The second-order valence-electron chi connectivity index (χ2n) is 7.21. The van der Waals surface area contributed by atoms with Gasteiger partial charge in [0.05, 0.1) is 35.2 Å². The lowest BCUT2D eigenvalue weighted by atomic mass is 9.89.